The molecule has 0 heterocycles. The Hall–Kier alpha value is -0.330. The topological polar surface area (TPSA) is 17.1 Å². The maximum Gasteiger partial charge on any atom is 0.138 e. The van der Waals surface area contributed by atoms with Gasteiger partial charge in [0.2, 0.25) is 0 Å². The maximum absolute atomic E-state index is 11.5. The van der Waals surface area contributed by atoms with Crippen molar-refractivity contribution >= 4 is 5.78 Å². The largest absolute Gasteiger partial charge is 0.299 e. The smallest absolute Gasteiger partial charge is 0.138 e. The minimum atomic E-state index is -0.173. The molecular formula is C10H20O. The Kier molecular flexibility index (Phi) is 2.87. The molecular weight excluding hydrogens is 136 g/mol. The van der Waals surface area contributed by atoms with E-state index in [2.05, 4.69) is 20.8 Å². The molecule has 1 nitrogen and oxygen atoms in total. The van der Waals surface area contributed by atoms with Crippen LogP contribution in [0.2, 0.25) is 0 Å². The first-order valence-corrected chi connectivity index (χ1v) is 4.16. The molecule has 0 saturated heterocycles. The van der Waals surface area contributed by atoms with Crippen molar-refractivity contribution in [1.82, 2.24) is 0 Å². The summed E-state index contributed by atoms with van der Waals surface area (Å²) in [5.74, 6) is 0.352. The van der Waals surface area contributed by atoms with Gasteiger partial charge < -0.3 is 0 Å². The van der Waals surface area contributed by atoms with Crippen molar-refractivity contribution in [3.05, 3.63) is 0 Å². The predicted molar refractivity (Wildman–Crippen MR) is 48.5 cm³/mol. The Labute approximate surface area is 70.2 Å². The molecule has 0 rings (SSSR count). The van der Waals surface area contributed by atoms with Crippen LogP contribution in [0, 0.1) is 10.8 Å². The summed E-state index contributed by atoms with van der Waals surface area (Å²) in [5, 5.41) is 0. The van der Waals surface area contributed by atoms with Gasteiger partial charge >= 0.3 is 0 Å². The van der Waals surface area contributed by atoms with Gasteiger partial charge in [-0.2, -0.15) is 0 Å². The van der Waals surface area contributed by atoms with Gasteiger partial charge in [-0.05, 0) is 5.41 Å². The Morgan fingerprint density at radius 1 is 1.00 bits per heavy atom. The molecule has 0 aliphatic heterocycles. The summed E-state index contributed by atoms with van der Waals surface area (Å²) in [6.45, 7) is 12.2. The zero-order valence-corrected chi connectivity index (χ0v) is 8.62. The fourth-order valence-electron chi connectivity index (χ4n) is 0.747. The van der Waals surface area contributed by atoms with Crippen LogP contribution in [-0.4, -0.2) is 5.78 Å². The monoisotopic (exact) mass is 156 g/mol. The van der Waals surface area contributed by atoms with Gasteiger partial charge in [-0.15, -0.1) is 0 Å². The third kappa shape index (κ3) is 5.00. The van der Waals surface area contributed by atoms with E-state index in [0.717, 1.165) is 0 Å². The number of carbonyl (C=O) groups excluding carboxylic acids is 1. The van der Waals surface area contributed by atoms with E-state index in [0.29, 0.717) is 12.2 Å². The van der Waals surface area contributed by atoms with Crippen LogP contribution >= 0.6 is 0 Å². The third-order valence-corrected chi connectivity index (χ3v) is 1.53. The Balaban J connectivity index is 4.11. The van der Waals surface area contributed by atoms with Crippen LogP contribution in [0.15, 0.2) is 0 Å². The fraction of sp³-hybridized carbons (Fsp3) is 0.900. The average Bonchev–Trinajstić information content (AvgIpc) is 1.56. The number of ketones is 1. The molecule has 0 aromatic heterocycles. The first-order chi connectivity index (χ1) is 4.63. The Bertz CT molecular complexity index is 143. The van der Waals surface area contributed by atoms with Crippen molar-refractivity contribution in [2.45, 2.75) is 48.0 Å². The molecule has 0 spiro atoms. The van der Waals surface area contributed by atoms with E-state index in [1.165, 1.54) is 0 Å². The summed E-state index contributed by atoms with van der Waals surface area (Å²) in [6.07, 6.45) is 0.677. The van der Waals surface area contributed by atoms with Crippen LogP contribution in [0.3, 0.4) is 0 Å². The van der Waals surface area contributed by atoms with Crippen LogP contribution in [-0.2, 0) is 4.79 Å². The fourth-order valence-corrected chi connectivity index (χ4v) is 0.747. The zero-order valence-electron chi connectivity index (χ0n) is 8.62. The van der Waals surface area contributed by atoms with Crippen LogP contribution in [0.25, 0.3) is 0 Å². The second-order valence-electron chi connectivity index (χ2n) is 5.41. The van der Waals surface area contributed by atoms with Crippen molar-refractivity contribution in [2.24, 2.45) is 10.8 Å². The molecule has 11 heavy (non-hydrogen) atoms. The second-order valence-corrected chi connectivity index (χ2v) is 5.41. The lowest BCUT2D eigenvalue weighted by molar-refractivity contribution is -0.128. The van der Waals surface area contributed by atoms with Crippen LogP contribution in [0.1, 0.15) is 48.0 Å². The first kappa shape index (κ1) is 10.7. The highest BCUT2D eigenvalue weighted by Gasteiger charge is 2.25. The lowest BCUT2D eigenvalue weighted by Gasteiger charge is -2.23. The predicted octanol–water partition coefficient (Wildman–Crippen LogP) is 3.04. The van der Waals surface area contributed by atoms with Gasteiger partial charge in [0.05, 0.1) is 0 Å². The second kappa shape index (κ2) is 2.96. The van der Waals surface area contributed by atoms with Gasteiger partial charge in [0, 0.05) is 11.8 Å². The molecule has 0 fully saturated rings. The Morgan fingerprint density at radius 2 is 1.36 bits per heavy atom. The molecule has 0 aliphatic rings. The van der Waals surface area contributed by atoms with E-state index >= 15 is 0 Å². The molecule has 1 heteroatoms. The van der Waals surface area contributed by atoms with Crippen LogP contribution in [0.5, 0.6) is 0 Å². The minimum Gasteiger partial charge on any atom is -0.299 e. The third-order valence-electron chi connectivity index (χ3n) is 1.53. The number of carbonyl (C=O) groups is 1. The lowest BCUT2D eigenvalue weighted by atomic mass is 9.80. The van der Waals surface area contributed by atoms with E-state index in [-0.39, 0.29) is 10.8 Å². The summed E-state index contributed by atoms with van der Waals surface area (Å²) < 4.78 is 0. The molecule has 0 N–H and O–H groups in total. The molecule has 0 unspecified atom stereocenters. The molecule has 0 saturated carbocycles. The molecule has 0 aromatic carbocycles. The van der Waals surface area contributed by atoms with Gasteiger partial charge in [-0.3, -0.25) is 4.79 Å². The number of Topliss-reactive ketones (excluding diaryl/α,β-unsaturated/α-hetero) is 1. The first-order valence-electron chi connectivity index (χ1n) is 4.16. The molecule has 0 aromatic rings. The minimum absolute atomic E-state index is 0.129. The van der Waals surface area contributed by atoms with Crippen molar-refractivity contribution < 1.29 is 4.79 Å². The molecule has 0 radical (unpaired) electrons. The highest BCUT2D eigenvalue weighted by molar-refractivity contribution is 5.84. The van der Waals surface area contributed by atoms with Crippen molar-refractivity contribution in [2.75, 3.05) is 0 Å². The standard InChI is InChI=1S/C10H20O/c1-9(2,3)7-8(11)10(4,5)6/h7H2,1-6H3. The summed E-state index contributed by atoms with van der Waals surface area (Å²) in [6, 6.07) is 0. The summed E-state index contributed by atoms with van der Waals surface area (Å²) in [7, 11) is 0. The normalized spacial score (nSPS) is 13.3. The van der Waals surface area contributed by atoms with E-state index in [4.69, 9.17) is 0 Å². The van der Waals surface area contributed by atoms with Gasteiger partial charge in [-0.25, -0.2) is 0 Å². The van der Waals surface area contributed by atoms with E-state index in [9.17, 15) is 4.79 Å². The summed E-state index contributed by atoms with van der Waals surface area (Å²) >= 11 is 0. The molecule has 0 bridgehead atoms. The van der Waals surface area contributed by atoms with Gasteiger partial charge in [-0.1, -0.05) is 41.5 Å². The van der Waals surface area contributed by atoms with E-state index < -0.39 is 0 Å². The SMILES string of the molecule is CC(C)(C)CC(=O)C(C)(C)C. The molecule has 0 atom stereocenters. The highest BCUT2D eigenvalue weighted by Crippen LogP contribution is 2.26. The molecule has 66 valence electrons. The molecule has 0 amide bonds. The van der Waals surface area contributed by atoms with Crippen molar-refractivity contribution in [1.29, 1.82) is 0 Å². The van der Waals surface area contributed by atoms with Gasteiger partial charge in [0.25, 0.3) is 0 Å². The average molecular weight is 156 g/mol. The Morgan fingerprint density at radius 3 is 1.45 bits per heavy atom. The van der Waals surface area contributed by atoms with E-state index in [1.807, 2.05) is 20.8 Å². The maximum atomic E-state index is 11.5. The molecule has 0 aliphatic carbocycles. The quantitative estimate of drug-likeness (QED) is 0.570. The van der Waals surface area contributed by atoms with Crippen molar-refractivity contribution in [3.8, 4) is 0 Å². The highest BCUT2D eigenvalue weighted by atomic mass is 16.1. The van der Waals surface area contributed by atoms with Crippen LogP contribution < -0.4 is 0 Å². The van der Waals surface area contributed by atoms with Crippen LogP contribution in [0.4, 0.5) is 0 Å². The van der Waals surface area contributed by atoms with Gasteiger partial charge in [0.1, 0.15) is 5.78 Å². The number of hydrogen-bond donors (Lipinski definition) is 0. The lowest BCUT2D eigenvalue weighted by Crippen LogP contribution is -2.25. The van der Waals surface area contributed by atoms with Gasteiger partial charge in [0.15, 0.2) is 0 Å². The van der Waals surface area contributed by atoms with Crippen molar-refractivity contribution in [3.63, 3.8) is 0 Å². The summed E-state index contributed by atoms with van der Waals surface area (Å²) in [4.78, 5) is 11.5. The summed E-state index contributed by atoms with van der Waals surface area (Å²) in [5.41, 5.74) is -0.0440. The van der Waals surface area contributed by atoms with E-state index in [1.54, 1.807) is 0 Å². The number of rotatable bonds is 1. The number of hydrogen-bond acceptors (Lipinski definition) is 1. The zero-order chi connectivity index (χ0) is 9.28.